The van der Waals surface area contributed by atoms with Gasteiger partial charge in [-0.05, 0) is 67.9 Å². The Morgan fingerprint density at radius 1 is 1.25 bits per heavy atom. The molecule has 190 valence electrons. The van der Waals surface area contributed by atoms with Crippen LogP contribution in [0.4, 0.5) is 0 Å². The normalized spacial score (nSPS) is 21.5. The Kier molecular flexibility index (Phi) is 6.49. The number of aliphatic hydroxyl groups is 1. The van der Waals surface area contributed by atoms with E-state index in [1.54, 1.807) is 12.1 Å². The summed E-state index contributed by atoms with van der Waals surface area (Å²) in [5, 5.41) is 21.3. The summed E-state index contributed by atoms with van der Waals surface area (Å²) in [4.78, 5) is 23.7. The van der Waals surface area contributed by atoms with E-state index in [1.165, 1.54) is 0 Å². The summed E-state index contributed by atoms with van der Waals surface area (Å²) in [6.45, 7) is 11.4. The van der Waals surface area contributed by atoms with Crippen LogP contribution in [0.5, 0.6) is 5.75 Å². The quantitative estimate of drug-likeness (QED) is 0.423. The van der Waals surface area contributed by atoms with Crippen LogP contribution >= 0.6 is 11.6 Å². The second-order valence-corrected chi connectivity index (χ2v) is 10.3. The molecule has 3 heterocycles. The minimum absolute atomic E-state index is 0.0323. The van der Waals surface area contributed by atoms with Crippen molar-refractivity contribution in [3.8, 4) is 5.75 Å². The minimum atomic E-state index is -0.826. The number of fused-ring (bicyclic) bond motifs is 4. The van der Waals surface area contributed by atoms with Gasteiger partial charge in [0.2, 0.25) is 0 Å². The van der Waals surface area contributed by atoms with Crippen molar-refractivity contribution in [2.75, 3.05) is 32.8 Å². The maximum atomic E-state index is 14.0. The summed E-state index contributed by atoms with van der Waals surface area (Å²) in [6, 6.07) is 12.7. The number of likely N-dealkylation sites (N-methyl/N-ethyl adjacent to an activating group) is 1. The predicted octanol–water partition coefficient (Wildman–Crippen LogP) is 4.25. The Labute approximate surface area is 216 Å². The first-order chi connectivity index (χ1) is 17.3. The number of benzene rings is 2. The number of aliphatic hydroxyl groups excluding tert-OH is 1. The number of phenolic OH excluding ortho intramolecular Hbond substituents is 1. The number of H-pyrrole nitrogens is 1. The van der Waals surface area contributed by atoms with Crippen LogP contribution in [0.25, 0.3) is 10.9 Å². The van der Waals surface area contributed by atoms with E-state index >= 15 is 0 Å². The molecule has 1 saturated heterocycles. The van der Waals surface area contributed by atoms with E-state index in [2.05, 4.69) is 28.3 Å². The van der Waals surface area contributed by atoms with E-state index in [9.17, 15) is 15.0 Å². The smallest absolute Gasteiger partial charge is 0.254 e. The van der Waals surface area contributed by atoms with Crippen LogP contribution in [0, 0.1) is 0 Å². The van der Waals surface area contributed by atoms with E-state index in [-0.39, 0.29) is 24.3 Å². The maximum Gasteiger partial charge on any atom is 0.254 e. The lowest BCUT2D eigenvalue weighted by atomic mass is 9.81. The van der Waals surface area contributed by atoms with Crippen molar-refractivity contribution < 1.29 is 15.0 Å². The number of phenols is 1. The molecule has 1 aromatic heterocycles. The first-order valence-electron chi connectivity index (χ1n) is 12.5. The van der Waals surface area contributed by atoms with Crippen LogP contribution in [0.2, 0.25) is 5.02 Å². The Bertz CT molecular complexity index is 1320. The molecule has 2 aliphatic heterocycles. The van der Waals surface area contributed by atoms with Crippen molar-refractivity contribution in [1.29, 1.82) is 0 Å². The van der Waals surface area contributed by atoms with Gasteiger partial charge >= 0.3 is 0 Å². The highest BCUT2D eigenvalue weighted by molar-refractivity contribution is 6.31. The second kappa shape index (κ2) is 9.47. The molecule has 36 heavy (non-hydrogen) atoms. The van der Waals surface area contributed by atoms with Gasteiger partial charge in [-0.3, -0.25) is 9.69 Å². The molecular formula is C28H33ClN4O3. The third kappa shape index (κ3) is 3.95. The number of aromatic hydroxyl groups is 1. The average Bonchev–Trinajstić information content (AvgIpc) is 3.29. The lowest BCUT2D eigenvalue weighted by Gasteiger charge is -2.44. The first kappa shape index (κ1) is 24.7. The van der Waals surface area contributed by atoms with Gasteiger partial charge in [-0.15, -0.1) is 0 Å². The number of aromatic nitrogens is 1. The molecule has 2 aliphatic rings. The largest absolute Gasteiger partial charge is 0.508 e. The van der Waals surface area contributed by atoms with Gasteiger partial charge in [0.25, 0.3) is 5.91 Å². The lowest BCUT2D eigenvalue weighted by Crippen LogP contribution is -2.52. The molecule has 0 spiro atoms. The topological polar surface area (TPSA) is 83.0 Å². The van der Waals surface area contributed by atoms with Crippen LogP contribution < -0.4 is 0 Å². The summed E-state index contributed by atoms with van der Waals surface area (Å²) < 4.78 is 0. The van der Waals surface area contributed by atoms with Crippen molar-refractivity contribution in [3.05, 3.63) is 76.7 Å². The van der Waals surface area contributed by atoms with Gasteiger partial charge in [-0.25, -0.2) is 0 Å². The number of carbonyl (C=O) groups excluding carboxylic acids is 1. The van der Waals surface area contributed by atoms with Gasteiger partial charge in [0.05, 0.1) is 12.6 Å². The number of nitrogens with one attached hydrogen (secondary N) is 1. The fourth-order valence-corrected chi connectivity index (χ4v) is 6.09. The van der Waals surface area contributed by atoms with Gasteiger partial charge < -0.3 is 25.0 Å². The van der Waals surface area contributed by atoms with Crippen molar-refractivity contribution >= 4 is 28.4 Å². The van der Waals surface area contributed by atoms with E-state index in [4.69, 9.17) is 11.6 Å². The summed E-state index contributed by atoms with van der Waals surface area (Å²) in [5.41, 5.74) is 3.09. The van der Waals surface area contributed by atoms with Crippen molar-refractivity contribution in [2.45, 2.75) is 38.3 Å². The molecule has 0 unspecified atom stereocenters. The predicted molar refractivity (Wildman–Crippen MR) is 142 cm³/mol. The van der Waals surface area contributed by atoms with Crippen LogP contribution in [-0.4, -0.2) is 74.1 Å². The molecule has 5 rings (SSSR count). The molecule has 2 aromatic carbocycles. The second-order valence-electron chi connectivity index (χ2n) is 9.91. The first-order valence-corrected chi connectivity index (χ1v) is 12.9. The monoisotopic (exact) mass is 508 g/mol. The number of carbonyl (C=O) groups is 1. The van der Waals surface area contributed by atoms with Gasteiger partial charge in [0.15, 0.2) is 0 Å². The summed E-state index contributed by atoms with van der Waals surface area (Å²) in [7, 11) is 0. The number of nitrogens with zero attached hydrogens (tertiary/aromatic N) is 3. The number of hydrogen-bond acceptors (Lipinski definition) is 5. The molecule has 1 amide bonds. The highest BCUT2D eigenvalue weighted by atomic mass is 35.5. The number of amides is 1. The molecule has 0 saturated carbocycles. The number of rotatable bonds is 8. The Balaban J connectivity index is 1.56. The zero-order valence-electron chi connectivity index (χ0n) is 20.8. The molecule has 2 atom stereocenters. The standard InChI is InChI=1S/C28H33ClN4O3/c1-4-31(13-14-34)11-6-12-32-18(2)33-26(19-7-5-8-21(35)15-19)25-23(17-28(33,3)27(32)36)22-16-20(29)9-10-24(22)30-25/h5,7-10,15-16,26,30,34-35H,2,4,6,11-14,17H2,1,3H3/t26-,28+/m1/s1. The minimum Gasteiger partial charge on any atom is -0.508 e. The van der Waals surface area contributed by atoms with E-state index in [1.807, 2.05) is 42.2 Å². The zero-order chi connectivity index (χ0) is 25.6. The third-order valence-electron chi connectivity index (χ3n) is 7.69. The molecule has 7 nitrogen and oxygen atoms in total. The average molecular weight is 509 g/mol. The fourth-order valence-electron chi connectivity index (χ4n) is 5.92. The fraction of sp³-hybridized carbons (Fsp3) is 0.393. The number of aromatic amines is 1. The molecule has 0 aliphatic carbocycles. The Morgan fingerprint density at radius 2 is 2.06 bits per heavy atom. The zero-order valence-corrected chi connectivity index (χ0v) is 21.6. The number of halogens is 1. The lowest BCUT2D eigenvalue weighted by molar-refractivity contribution is -0.133. The number of hydrogen-bond donors (Lipinski definition) is 3. The molecular weight excluding hydrogens is 476 g/mol. The molecule has 3 aromatic rings. The van der Waals surface area contributed by atoms with Gasteiger partial charge in [-0.1, -0.05) is 37.2 Å². The molecule has 3 N–H and O–H groups in total. The molecule has 8 heteroatoms. The third-order valence-corrected chi connectivity index (χ3v) is 7.92. The van der Waals surface area contributed by atoms with Gasteiger partial charge in [0, 0.05) is 41.1 Å². The SMILES string of the molecule is C=C1N(CCCN(CC)CCO)C(=O)[C@]2(C)Cc3c([nH]c4ccc(Cl)cc34)[C@@H](c3cccc(O)c3)N12. The van der Waals surface area contributed by atoms with Crippen molar-refractivity contribution in [2.24, 2.45) is 0 Å². The van der Waals surface area contributed by atoms with Gasteiger partial charge in [-0.2, -0.15) is 0 Å². The maximum absolute atomic E-state index is 14.0. The van der Waals surface area contributed by atoms with Gasteiger partial charge in [0.1, 0.15) is 17.1 Å². The highest BCUT2D eigenvalue weighted by Gasteiger charge is 2.57. The highest BCUT2D eigenvalue weighted by Crippen LogP contribution is 2.51. The van der Waals surface area contributed by atoms with Crippen LogP contribution in [0.1, 0.15) is 43.1 Å². The van der Waals surface area contributed by atoms with E-state index in [0.29, 0.717) is 30.4 Å². The van der Waals surface area contributed by atoms with Crippen LogP contribution in [0.3, 0.4) is 0 Å². The van der Waals surface area contributed by atoms with Crippen molar-refractivity contribution in [1.82, 2.24) is 19.7 Å². The van der Waals surface area contributed by atoms with Crippen molar-refractivity contribution in [3.63, 3.8) is 0 Å². The molecule has 0 radical (unpaired) electrons. The van der Waals surface area contributed by atoms with E-state index < -0.39 is 5.54 Å². The Hall–Kier alpha value is -3.00. The summed E-state index contributed by atoms with van der Waals surface area (Å²) >= 11 is 6.36. The molecule has 1 fully saturated rings. The van der Waals surface area contributed by atoms with Crippen LogP contribution in [0.15, 0.2) is 54.9 Å². The molecule has 0 bridgehead atoms. The van der Waals surface area contributed by atoms with E-state index in [0.717, 1.165) is 47.2 Å². The Morgan fingerprint density at radius 3 is 2.78 bits per heavy atom. The van der Waals surface area contributed by atoms with Crippen LogP contribution in [-0.2, 0) is 11.2 Å². The summed E-state index contributed by atoms with van der Waals surface area (Å²) in [6.07, 6.45) is 1.31. The summed E-state index contributed by atoms with van der Waals surface area (Å²) in [5.74, 6) is 0.880.